The highest BCUT2D eigenvalue weighted by Crippen LogP contribution is 2.21. The summed E-state index contributed by atoms with van der Waals surface area (Å²) in [4.78, 5) is 23.0. The molecule has 1 heterocycles. The average Bonchev–Trinajstić information content (AvgIpc) is 2.48. The third kappa shape index (κ3) is 6.21. The monoisotopic (exact) mass is 351 g/mol. The molecule has 4 N–H and O–H groups in total. The molecule has 10 heteroatoms. The molecule has 0 radical (unpaired) electrons. The second-order valence-electron chi connectivity index (χ2n) is 6.29. The highest BCUT2D eigenvalue weighted by molar-refractivity contribution is 5.78. The van der Waals surface area contributed by atoms with Crippen LogP contribution in [0.2, 0.25) is 0 Å². The summed E-state index contributed by atoms with van der Waals surface area (Å²) < 4.78 is 19.8. The Morgan fingerprint density at radius 2 is 1.75 bits per heavy atom. The van der Waals surface area contributed by atoms with Gasteiger partial charge in [0.25, 0.3) is 0 Å². The van der Waals surface area contributed by atoms with Crippen molar-refractivity contribution in [3.05, 3.63) is 0 Å². The van der Waals surface area contributed by atoms with E-state index in [-0.39, 0.29) is 6.61 Å². The van der Waals surface area contributed by atoms with Crippen LogP contribution in [0.15, 0.2) is 0 Å². The van der Waals surface area contributed by atoms with Gasteiger partial charge in [0.1, 0.15) is 43.2 Å². The van der Waals surface area contributed by atoms with Gasteiger partial charge in [-0.25, -0.2) is 4.79 Å². The molecule has 0 aliphatic carbocycles. The van der Waals surface area contributed by atoms with Crippen LogP contribution in [0.3, 0.4) is 0 Å². The van der Waals surface area contributed by atoms with Crippen LogP contribution in [-0.2, 0) is 23.7 Å². The van der Waals surface area contributed by atoms with Crippen molar-refractivity contribution in [2.75, 3.05) is 20.3 Å². The van der Waals surface area contributed by atoms with Gasteiger partial charge in [-0.15, -0.1) is 0 Å². The Bertz CT molecular complexity index is 434. The quantitative estimate of drug-likeness (QED) is 0.435. The summed E-state index contributed by atoms with van der Waals surface area (Å²) in [5.41, 5.74) is -0.694. The van der Waals surface area contributed by atoms with Gasteiger partial charge in [-0.3, -0.25) is 4.79 Å². The number of methoxy groups -OCH3 is 1. The topological polar surface area (TPSA) is 144 Å². The van der Waals surface area contributed by atoms with E-state index in [4.69, 9.17) is 18.9 Å². The number of aliphatic hydroxyl groups excluding tert-OH is 3. The number of aliphatic hydroxyl groups is 3. The van der Waals surface area contributed by atoms with Gasteiger partial charge in [-0.2, -0.15) is 0 Å². The predicted octanol–water partition coefficient (Wildman–Crippen LogP) is -1.49. The molecule has 0 spiro atoms. The largest absolute Gasteiger partial charge is 0.461 e. The zero-order valence-corrected chi connectivity index (χ0v) is 14.1. The van der Waals surface area contributed by atoms with Gasteiger partial charge >= 0.3 is 12.1 Å². The summed E-state index contributed by atoms with van der Waals surface area (Å²) >= 11 is 0. The number of carbonyl (C=O) groups excluding carboxylic acids is 2. The first-order valence-corrected chi connectivity index (χ1v) is 7.40. The molecule has 1 aliphatic rings. The molecule has 0 aromatic rings. The van der Waals surface area contributed by atoms with Crippen molar-refractivity contribution >= 4 is 12.1 Å². The molecule has 24 heavy (non-hydrogen) atoms. The number of amides is 1. The molecule has 0 saturated carbocycles. The Morgan fingerprint density at radius 3 is 2.29 bits per heavy atom. The van der Waals surface area contributed by atoms with Crippen LogP contribution in [0.4, 0.5) is 4.79 Å². The first-order valence-electron chi connectivity index (χ1n) is 7.40. The maximum absolute atomic E-state index is 11.6. The van der Waals surface area contributed by atoms with Gasteiger partial charge in [0.15, 0.2) is 6.29 Å². The highest BCUT2D eigenvalue weighted by atomic mass is 16.7. The first kappa shape index (κ1) is 20.6. The smallest absolute Gasteiger partial charge is 0.408 e. The molecule has 1 rings (SSSR count). The second-order valence-corrected chi connectivity index (χ2v) is 6.29. The minimum absolute atomic E-state index is 0.389. The molecular formula is C14H25NO9. The van der Waals surface area contributed by atoms with Gasteiger partial charge in [-0.05, 0) is 20.8 Å². The number of hydrogen-bond donors (Lipinski definition) is 4. The fraction of sp³-hybridized carbons (Fsp3) is 0.857. The normalized spacial score (nSPS) is 30.5. The molecule has 1 aliphatic heterocycles. The molecule has 0 aromatic carbocycles. The Hall–Kier alpha value is -1.46. The SMILES string of the molecule is CO[C@H]1O[C@H](COC(=O)CNC(=O)OC(C)(C)C)[C@@H](O)[C@@H](O)[C@H]1O. The van der Waals surface area contributed by atoms with Crippen molar-refractivity contribution in [3.63, 3.8) is 0 Å². The average molecular weight is 351 g/mol. The summed E-state index contributed by atoms with van der Waals surface area (Å²) in [6.45, 7) is 4.21. The lowest BCUT2D eigenvalue weighted by Crippen LogP contribution is -2.59. The van der Waals surface area contributed by atoms with E-state index in [0.29, 0.717) is 0 Å². The number of esters is 1. The maximum Gasteiger partial charge on any atom is 0.408 e. The zero-order valence-electron chi connectivity index (χ0n) is 14.1. The number of ether oxygens (including phenoxy) is 4. The molecule has 1 fully saturated rings. The molecule has 140 valence electrons. The molecule has 0 unspecified atom stereocenters. The summed E-state index contributed by atoms with van der Waals surface area (Å²) in [6.07, 6.45) is -7.41. The van der Waals surface area contributed by atoms with Gasteiger partial charge in [0, 0.05) is 7.11 Å². The Balaban J connectivity index is 2.39. The van der Waals surface area contributed by atoms with E-state index in [9.17, 15) is 24.9 Å². The van der Waals surface area contributed by atoms with Crippen LogP contribution in [-0.4, -0.2) is 84.0 Å². The molecule has 0 bridgehead atoms. The molecule has 10 nitrogen and oxygen atoms in total. The number of alkyl carbamates (subject to hydrolysis) is 1. The predicted molar refractivity (Wildman–Crippen MR) is 78.9 cm³/mol. The van der Waals surface area contributed by atoms with E-state index in [2.05, 4.69) is 5.32 Å². The van der Waals surface area contributed by atoms with Crippen LogP contribution in [0.5, 0.6) is 0 Å². The van der Waals surface area contributed by atoms with Crippen molar-refractivity contribution in [1.82, 2.24) is 5.32 Å². The van der Waals surface area contributed by atoms with Gasteiger partial charge in [0.2, 0.25) is 0 Å². The van der Waals surface area contributed by atoms with Crippen molar-refractivity contribution in [2.24, 2.45) is 0 Å². The van der Waals surface area contributed by atoms with Crippen molar-refractivity contribution in [1.29, 1.82) is 0 Å². The van der Waals surface area contributed by atoms with E-state index in [1.54, 1.807) is 20.8 Å². The summed E-state index contributed by atoms with van der Waals surface area (Å²) in [7, 11) is 1.26. The van der Waals surface area contributed by atoms with Crippen LogP contribution in [0.1, 0.15) is 20.8 Å². The molecular weight excluding hydrogens is 326 g/mol. The molecule has 5 atom stereocenters. The van der Waals surface area contributed by atoms with E-state index in [1.807, 2.05) is 0 Å². The lowest BCUT2D eigenvalue weighted by atomic mass is 9.99. The van der Waals surface area contributed by atoms with Crippen molar-refractivity contribution in [3.8, 4) is 0 Å². The Kier molecular flexibility index (Phi) is 7.36. The second kappa shape index (κ2) is 8.58. The number of hydrogen-bond acceptors (Lipinski definition) is 9. The van der Waals surface area contributed by atoms with Gasteiger partial charge < -0.3 is 39.6 Å². The third-order valence-corrected chi connectivity index (χ3v) is 3.09. The standard InChI is InChI=1S/C14H25NO9/c1-14(2,3)24-13(20)15-5-8(16)22-6-7-9(17)10(18)11(19)12(21-4)23-7/h7,9-12,17-19H,5-6H2,1-4H3,(H,15,20)/t7-,9-,10-,11-,12+/m1/s1. The summed E-state index contributed by atoms with van der Waals surface area (Å²) in [6, 6.07) is 0. The first-order chi connectivity index (χ1) is 11.0. The number of rotatable bonds is 5. The summed E-state index contributed by atoms with van der Waals surface area (Å²) in [5, 5.41) is 31.3. The van der Waals surface area contributed by atoms with Gasteiger partial charge in [0.05, 0.1) is 0 Å². The number of carbonyl (C=O) groups is 2. The van der Waals surface area contributed by atoms with Crippen LogP contribution in [0.25, 0.3) is 0 Å². The van der Waals surface area contributed by atoms with E-state index in [1.165, 1.54) is 7.11 Å². The van der Waals surface area contributed by atoms with E-state index >= 15 is 0 Å². The van der Waals surface area contributed by atoms with Crippen molar-refractivity contribution in [2.45, 2.75) is 57.1 Å². The number of nitrogens with one attached hydrogen (secondary N) is 1. The van der Waals surface area contributed by atoms with E-state index < -0.39 is 54.9 Å². The van der Waals surface area contributed by atoms with Crippen LogP contribution in [0, 0.1) is 0 Å². The van der Waals surface area contributed by atoms with Crippen LogP contribution < -0.4 is 5.32 Å². The molecule has 1 amide bonds. The third-order valence-electron chi connectivity index (χ3n) is 3.09. The maximum atomic E-state index is 11.6. The lowest BCUT2D eigenvalue weighted by Gasteiger charge is -2.39. The van der Waals surface area contributed by atoms with E-state index in [0.717, 1.165) is 0 Å². The minimum Gasteiger partial charge on any atom is -0.461 e. The summed E-state index contributed by atoms with van der Waals surface area (Å²) in [5.74, 6) is -0.786. The molecule has 0 aromatic heterocycles. The molecule has 1 saturated heterocycles. The minimum atomic E-state index is -1.51. The lowest BCUT2D eigenvalue weighted by molar-refractivity contribution is -0.295. The fourth-order valence-electron chi connectivity index (χ4n) is 1.93. The Labute approximate surface area is 139 Å². The highest BCUT2D eigenvalue weighted by Gasteiger charge is 2.44. The zero-order chi connectivity index (χ0) is 18.5. The Morgan fingerprint density at radius 1 is 1.12 bits per heavy atom. The van der Waals surface area contributed by atoms with Crippen LogP contribution >= 0.6 is 0 Å². The van der Waals surface area contributed by atoms with Crippen molar-refractivity contribution < 1.29 is 43.9 Å². The fourth-order valence-corrected chi connectivity index (χ4v) is 1.93. The van der Waals surface area contributed by atoms with Gasteiger partial charge in [-0.1, -0.05) is 0 Å².